The Balaban J connectivity index is 2.06. The number of aliphatic hydroxyl groups is 1. The van der Waals surface area contributed by atoms with Gasteiger partial charge in [0.15, 0.2) is 0 Å². The average Bonchev–Trinajstić information content (AvgIpc) is 3.14. The quantitative estimate of drug-likeness (QED) is 0.849. The lowest BCUT2D eigenvalue weighted by atomic mass is 10.0. The van der Waals surface area contributed by atoms with Crippen LogP contribution >= 0.6 is 0 Å². The van der Waals surface area contributed by atoms with Crippen molar-refractivity contribution in [2.45, 2.75) is 19.4 Å². The molecule has 6 nitrogen and oxygen atoms in total. The van der Waals surface area contributed by atoms with E-state index in [2.05, 4.69) is 5.32 Å². The van der Waals surface area contributed by atoms with Gasteiger partial charge in [0.2, 0.25) is 0 Å². The van der Waals surface area contributed by atoms with Crippen LogP contribution in [0.15, 0.2) is 47.1 Å². The van der Waals surface area contributed by atoms with Crippen LogP contribution < -0.4 is 5.32 Å². The normalized spacial score (nSPS) is 13.2. The number of furan rings is 1. The Hall–Kier alpha value is -2.60. The predicted molar refractivity (Wildman–Crippen MR) is 89.7 cm³/mol. The van der Waals surface area contributed by atoms with E-state index in [4.69, 9.17) is 4.42 Å². The first-order chi connectivity index (χ1) is 11.3. The van der Waals surface area contributed by atoms with Crippen LogP contribution in [0, 0.1) is 0 Å². The molecule has 24 heavy (non-hydrogen) atoms. The third-order valence-electron chi connectivity index (χ3n) is 3.84. The van der Waals surface area contributed by atoms with Gasteiger partial charge in [-0.05, 0) is 44.2 Å². The molecule has 0 aliphatic rings. The number of nitrogens with one attached hydrogen (secondary N) is 1. The molecule has 1 aromatic heterocycles. The molecule has 0 saturated carbocycles. The number of rotatable bonds is 6. The van der Waals surface area contributed by atoms with E-state index in [9.17, 15) is 14.7 Å². The lowest BCUT2D eigenvalue weighted by Crippen LogP contribution is -2.38. The SMILES string of the molecule is CCN(C)C(=O)c1cccc(C(=O)NCC(C)(O)c2ccco2)c1. The first-order valence-corrected chi connectivity index (χ1v) is 7.75. The number of carbonyl (C=O) groups is 2. The summed E-state index contributed by atoms with van der Waals surface area (Å²) in [6.45, 7) is 4.01. The molecule has 0 bridgehead atoms. The van der Waals surface area contributed by atoms with E-state index in [0.29, 0.717) is 23.4 Å². The van der Waals surface area contributed by atoms with Crippen molar-refractivity contribution >= 4 is 11.8 Å². The highest BCUT2D eigenvalue weighted by molar-refractivity contribution is 5.99. The molecular weight excluding hydrogens is 308 g/mol. The summed E-state index contributed by atoms with van der Waals surface area (Å²) in [6, 6.07) is 9.82. The smallest absolute Gasteiger partial charge is 0.253 e. The molecule has 0 saturated heterocycles. The fourth-order valence-corrected chi connectivity index (χ4v) is 2.18. The van der Waals surface area contributed by atoms with Crippen LogP contribution in [-0.2, 0) is 5.60 Å². The molecule has 6 heteroatoms. The lowest BCUT2D eigenvalue weighted by molar-refractivity contribution is 0.0330. The number of carbonyl (C=O) groups excluding carboxylic acids is 2. The van der Waals surface area contributed by atoms with Crippen molar-refractivity contribution in [1.82, 2.24) is 10.2 Å². The van der Waals surface area contributed by atoms with Gasteiger partial charge in [0.1, 0.15) is 11.4 Å². The van der Waals surface area contributed by atoms with E-state index in [0.717, 1.165) is 0 Å². The molecule has 1 unspecified atom stereocenters. The fraction of sp³-hybridized carbons (Fsp3) is 0.333. The molecule has 0 aliphatic heterocycles. The van der Waals surface area contributed by atoms with Gasteiger partial charge in [0.05, 0.1) is 12.8 Å². The van der Waals surface area contributed by atoms with Crippen molar-refractivity contribution < 1.29 is 19.1 Å². The second kappa shape index (κ2) is 7.31. The summed E-state index contributed by atoms with van der Waals surface area (Å²) in [5.41, 5.74) is -0.500. The summed E-state index contributed by atoms with van der Waals surface area (Å²) in [7, 11) is 1.70. The highest BCUT2D eigenvalue weighted by atomic mass is 16.4. The van der Waals surface area contributed by atoms with Crippen LogP contribution in [0.3, 0.4) is 0 Å². The molecule has 1 aromatic carbocycles. The van der Waals surface area contributed by atoms with Gasteiger partial charge in [-0.1, -0.05) is 6.07 Å². The van der Waals surface area contributed by atoms with Crippen molar-refractivity contribution in [2.24, 2.45) is 0 Å². The maximum Gasteiger partial charge on any atom is 0.253 e. The summed E-state index contributed by atoms with van der Waals surface area (Å²) in [5.74, 6) is -0.137. The Morgan fingerprint density at radius 2 is 1.96 bits per heavy atom. The van der Waals surface area contributed by atoms with Gasteiger partial charge in [0, 0.05) is 24.7 Å². The van der Waals surface area contributed by atoms with Gasteiger partial charge < -0.3 is 19.7 Å². The van der Waals surface area contributed by atoms with E-state index in [1.54, 1.807) is 55.3 Å². The van der Waals surface area contributed by atoms with Crippen molar-refractivity contribution in [2.75, 3.05) is 20.1 Å². The van der Waals surface area contributed by atoms with E-state index in [1.165, 1.54) is 6.26 Å². The van der Waals surface area contributed by atoms with Crippen LogP contribution in [0.1, 0.15) is 40.3 Å². The van der Waals surface area contributed by atoms with Crippen LogP contribution in [-0.4, -0.2) is 42.0 Å². The molecule has 128 valence electrons. The zero-order valence-corrected chi connectivity index (χ0v) is 14.1. The molecule has 2 rings (SSSR count). The minimum absolute atomic E-state index is 0.00756. The Morgan fingerprint density at radius 1 is 1.25 bits per heavy atom. The van der Waals surface area contributed by atoms with E-state index in [-0.39, 0.29) is 18.4 Å². The Labute approximate surface area is 141 Å². The third kappa shape index (κ3) is 4.02. The molecule has 2 amide bonds. The fourth-order valence-electron chi connectivity index (χ4n) is 2.18. The van der Waals surface area contributed by atoms with Gasteiger partial charge >= 0.3 is 0 Å². The van der Waals surface area contributed by atoms with Crippen molar-refractivity contribution in [1.29, 1.82) is 0 Å². The zero-order valence-electron chi connectivity index (χ0n) is 14.1. The van der Waals surface area contributed by atoms with Gasteiger partial charge in [-0.15, -0.1) is 0 Å². The second-order valence-electron chi connectivity index (χ2n) is 5.83. The molecule has 1 atom stereocenters. The Bertz CT molecular complexity index is 708. The number of hydrogen-bond donors (Lipinski definition) is 2. The predicted octanol–water partition coefficient (Wildman–Crippen LogP) is 2.01. The molecule has 0 radical (unpaired) electrons. The third-order valence-corrected chi connectivity index (χ3v) is 3.84. The second-order valence-corrected chi connectivity index (χ2v) is 5.83. The minimum Gasteiger partial charge on any atom is -0.466 e. The molecule has 2 N–H and O–H groups in total. The first-order valence-electron chi connectivity index (χ1n) is 7.75. The monoisotopic (exact) mass is 330 g/mol. The lowest BCUT2D eigenvalue weighted by Gasteiger charge is -2.21. The van der Waals surface area contributed by atoms with Crippen molar-refractivity contribution in [3.05, 3.63) is 59.5 Å². The number of nitrogens with zero attached hydrogens (tertiary/aromatic N) is 1. The van der Waals surface area contributed by atoms with Crippen LogP contribution in [0.5, 0.6) is 0 Å². The van der Waals surface area contributed by atoms with E-state index >= 15 is 0 Å². The first kappa shape index (κ1) is 17.7. The van der Waals surface area contributed by atoms with Gasteiger partial charge in [-0.3, -0.25) is 9.59 Å². The average molecular weight is 330 g/mol. The maximum absolute atomic E-state index is 12.3. The van der Waals surface area contributed by atoms with E-state index < -0.39 is 5.60 Å². The summed E-state index contributed by atoms with van der Waals surface area (Å²) >= 11 is 0. The molecule has 1 heterocycles. The summed E-state index contributed by atoms with van der Waals surface area (Å²) in [5, 5.41) is 13.0. The van der Waals surface area contributed by atoms with Crippen LogP contribution in [0.2, 0.25) is 0 Å². The molecule has 2 aromatic rings. The summed E-state index contributed by atoms with van der Waals surface area (Å²) in [6.07, 6.45) is 1.46. The highest BCUT2D eigenvalue weighted by Crippen LogP contribution is 2.20. The molecular formula is C18H22N2O4. The standard InChI is InChI=1S/C18H22N2O4/c1-4-20(3)17(22)14-8-5-7-13(11-14)16(21)19-12-18(2,23)15-9-6-10-24-15/h5-11,23H,4,12H2,1-3H3,(H,19,21). The Kier molecular flexibility index (Phi) is 5.41. The topological polar surface area (TPSA) is 82.8 Å². The zero-order chi connectivity index (χ0) is 17.7. The minimum atomic E-state index is -1.31. The molecule has 0 aliphatic carbocycles. The maximum atomic E-state index is 12.3. The summed E-state index contributed by atoms with van der Waals surface area (Å²) < 4.78 is 5.17. The molecule has 0 fully saturated rings. The van der Waals surface area contributed by atoms with Crippen LogP contribution in [0.25, 0.3) is 0 Å². The number of benzene rings is 1. The van der Waals surface area contributed by atoms with Gasteiger partial charge in [0.25, 0.3) is 11.8 Å². The van der Waals surface area contributed by atoms with Crippen molar-refractivity contribution in [3.8, 4) is 0 Å². The van der Waals surface area contributed by atoms with Gasteiger partial charge in [-0.2, -0.15) is 0 Å². The van der Waals surface area contributed by atoms with E-state index in [1.807, 2.05) is 6.92 Å². The number of amides is 2. The van der Waals surface area contributed by atoms with Crippen LogP contribution in [0.4, 0.5) is 0 Å². The highest BCUT2D eigenvalue weighted by Gasteiger charge is 2.27. The largest absolute Gasteiger partial charge is 0.466 e. The van der Waals surface area contributed by atoms with Crippen molar-refractivity contribution in [3.63, 3.8) is 0 Å². The van der Waals surface area contributed by atoms with Gasteiger partial charge in [-0.25, -0.2) is 0 Å². The number of hydrogen-bond acceptors (Lipinski definition) is 4. The summed E-state index contributed by atoms with van der Waals surface area (Å²) in [4.78, 5) is 26.0. The Morgan fingerprint density at radius 3 is 2.58 bits per heavy atom. The molecule has 0 spiro atoms.